The van der Waals surface area contributed by atoms with Crippen LogP contribution in [0, 0.1) is 13.8 Å². The van der Waals surface area contributed by atoms with Crippen molar-refractivity contribution in [1.82, 2.24) is 9.97 Å². The molecule has 0 saturated carbocycles. The average Bonchev–Trinajstić information content (AvgIpc) is 2.42. The van der Waals surface area contributed by atoms with E-state index in [0.717, 1.165) is 23.7 Å². The maximum absolute atomic E-state index is 6.10. The van der Waals surface area contributed by atoms with E-state index in [4.69, 9.17) is 5.73 Å². The minimum Gasteiger partial charge on any atom is -0.327 e. The van der Waals surface area contributed by atoms with Crippen LogP contribution in [0.5, 0.6) is 0 Å². The minimum absolute atomic E-state index is 0.203. The highest BCUT2D eigenvalue weighted by atomic mass is 32.2. The number of hydrogen-bond donors (Lipinski definition) is 1. The number of benzene rings is 1. The van der Waals surface area contributed by atoms with Crippen LogP contribution in [0.3, 0.4) is 0 Å². The van der Waals surface area contributed by atoms with E-state index in [1.54, 1.807) is 18.0 Å². The molecule has 1 atom stereocenters. The Morgan fingerprint density at radius 2 is 2.05 bits per heavy atom. The van der Waals surface area contributed by atoms with Crippen molar-refractivity contribution in [2.45, 2.75) is 49.7 Å². The summed E-state index contributed by atoms with van der Waals surface area (Å²) in [5, 5.41) is 0.792. The lowest BCUT2D eigenvalue weighted by Gasteiger charge is -2.13. The van der Waals surface area contributed by atoms with E-state index in [2.05, 4.69) is 42.0 Å². The summed E-state index contributed by atoms with van der Waals surface area (Å²) < 4.78 is 0. The van der Waals surface area contributed by atoms with Gasteiger partial charge in [-0.3, -0.25) is 0 Å². The van der Waals surface area contributed by atoms with Crippen LogP contribution in [0.1, 0.15) is 30.2 Å². The average molecular weight is 287 g/mol. The van der Waals surface area contributed by atoms with Gasteiger partial charge in [0.1, 0.15) is 0 Å². The molecule has 2 rings (SSSR count). The molecule has 0 amide bonds. The SMILES string of the molecule is CCC(N)Cc1cc(C)ccc1Sc1nccc(C)n1. The maximum Gasteiger partial charge on any atom is 0.192 e. The number of nitrogens with two attached hydrogens (primary N) is 1. The van der Waals surface area contributed by atoms with Gasteiger partial charge in [-0.25, -0.2) is 9.97 Å². The van der Waals surface area contributed by atoms with Crippen LogP contribution < -0.4 is 5.73 Å². The second-order valence-corrected chi connectivity index (χ2v) is 6.08. The van der Waals surface area contributed by atoms with E-state index in [1.807, 2.05) is 13.0 Å². The van der Waals surface area contributed by atoms with Gasteiger partial charge in [-0.05, 0) is 56.1 Å². The molecule has 0 radical (unpaired) electrons. The number of nitrogens with zero attached hydrogens (tertiary/aromatic N) is 2. The second-order valence-electron chi connectivity index (χ2n) is 5.07. The predicted octanol–water partition coefficient (Wildman–Crippen LogP) is 3.52. The number of aryl methyl sites for hydroxylation is 2. The zero-order valence-corrected chi connectivity index (χ0v) is 13.1. The molecule has 2 N–H and O–H groups in total. The van der Waals surface area contributed by atoms with Crippen molar-refractivity contribution in [2.75, 3.05) is 0 Å². The molecule has 0 spiro atoms. The molecular formula is C16H21N3S. The van der Waals surface area contributed by atoms with E-state index >= 15 is 0 Å². The van der Waals surface area contributed by atoms with Crippen LogP contribution in [0.2, 0.25) is 0 Å². The first-order valence-electron chi connectivity index (χ1n) is 6.91. The highest BCUT2D eigenvalue weighted by molar-refractivity contribution is 7.99. The molecular weight excluding hydrogens is 266 g/mol. The van der Waals surface area contributed by atoms with E-state index < -0.39 is 0 Å². The summed E-state index contributed by atoms with van der Waals surface area (Å²) in [7, 11) is 0. The van der Waals surface area contributed by atoms with E-state index in [0.29, 0.717) is 0 Å². The Balaban J connectivity index is 2.26. The normalized spacial score (nSPS) is 12.4. The quantitative estimate of drug-likeness (QED) is 0.855. The van der Waals surface area contributed by atoms with Crippen molar-refractivity contribution in [3.05, 3.63) is 47.3 Å². The van der Waals surface area contributed by atoms with E-state index in [-0.39, 0.29) is 6.04 Å². The standard InChI is InChI=1S/C16H21N3S/c1-4-14(17)10-13-9-11(2)5-6-15(13)20-16-18-8-7-12(3)19-16/h5-9,14H,4,10,17H2,1-3H3. The molecule has 106 valence electrons. The van der Waals surface area contributed by atoms with Crippen molar-refractivity contribution in [3.8, 4) is 0 Å². The fourth-order valence-corrected chi connectivity index (χ4v) is 2.88. The van der Waals surface area contributed by atoms with Gasteiger partial charge in [0.25, 0.3) is 0 Å². The summed E-state index contributed by atoms with van der Waals surface area (Å²) in [5.41, 5.74) is 9.64. The van der Waals surface area contributed by atoms with Gasteiger partial charge in [0, 0.05) is 22.8 Å². The molecule has 0 bridgehead atoms. The maximum atomic E-state index is 6.10. The Morgan fingerprint density at radius 3 is 2.75 bits per heavy atom. The third kappa shape index (κ3) is 4.05. The molecule has 1 unspecified atom stereocenters. The fourth-order valence-electron chi connectivity index (χ4n) is 1.97. The Kier molecular flexibility index (Phi) is 5.15. The lowest BCUT2D eigenvalue weighted by Crippen LogP contribution is -2.21. The molecule has 0 aliphatic rings. The van der Waals surface area contributed by atoms with Crippen molar-refractivity contribution in [3.63, 3.8) is 0 Å². The Bertz CT molecular complexity index is 584. The summed E-state index contributed by atoms with van der Waals surface area (Å²) >= 11 is 1.61. The van der Waals surface area contributed by atoms with Gasteiger partial charge in [-0.15, -0.1) is 0 Å². The van der Waals surface area contributed by atoms with Gasteiger partial charge in [0.2, 0.25) is 0 Å². The van der Waals surface area contributed by atoms with Crippen molar-refractivity contribution in [2.24, 2.45) is 5.73 Å². The van der Waals surface area contributed by atoms with Crippen LogP contribution in [0.25, 0.3) is 0 Å². The van der Waals surface area contributed by atoms with Gasteiger partial charge in [0.05, 0.1) is 0 Å². The van der Waals surface area contributed by atoms with Crippen LogP contribution in [-0.2, 0) is 6.42 Å². The number of aromatic nitrogens is 2. The lowest BCUT2D eigenvalue weighted by atomic mass is 10.0. The van der Waals surface area contributed by atoms with Crippen LogP contribution in [0.4, 0.5) is 0 Å². The summed E-state index contributed by atoms with van der Waals surface area (Å²) in [6.45, 7) is 6.21. The van der Waals surface area contributed by atoms with Gasteiger partial charge in [-0.2, -0.15) is 0 Å². The first-order chi connectivity index (χ1) is 9.58. The summed E-state index contributed by atoms with van der Waals surface area (Å²) in [4.78, 5) is 9.97. The third-order valence-electron chi connectivity index (χ3n) is 3.20. The molecule has 0 saturated heterocycles. The molecule has 4 heteroatoms. The Labute approximate surface area is 125 Å². The Hall–Kier alpha value is -1.39. The molecule has 0 fully saturated rings. The first kappa shape index (κ1) is 15.0. The molecule has 0 aliphatic carbocycles. The van der Waals surface area contributed by atoms with Crippen LogP contribution >= 0.6 is 11.8 Å². The zero-order chi connectivity index (χ0) is 14.5. The molecule has 20 heavy (non-hydrogen) atoms. The lowest BCUT2D eigenvalue weighted by molar-refractivity contribution is 0.640. The highest BCUT2D eigenvalue weighted by Gasteiger charge is 2.10. The summed E-state index contributed by atoms with van der Waals surface area (Å²) in [5.74, 6) is 0. The Morgan fingerprint density at radius 1 is 1.25 bits per heavy atom. The molecule has 1 heterocycles. The minimum atomic E-state index is 0.203. The largest absolute Gasteiger partial charge is 0.327 e. The summed E-state index contributed by atoms with van der Waals surface area (Å²) in [6.07, 6.45) is 3.68. The smallest absolute Gasteiger partial charge is 0.192 e. The fraction of sp³-hybridized carbons (Fsp3) is 0.375. The first-order valence-corrected chi connectivity index (χ1v) is 7.72. The predicted molar refractivity (Wildman–Crippen MR) is 84.0 cm³/mol. The molecule has 2 aromatic rings. The number of rotatable bonds is 5. The van der Waals surface area contributed by atoms with E-state index in [1.165, 1.54) is 16.0 Å². The number of hydrogen-bond acceptors (Lipinski definition) is 4. The van der Waals surface area contributed by atoms with Crippen LogP contribution in [0.15, 0.2) is 40.5 Å². The monoisotopic (exact) mass is 287 g/mol. The van der Waals surface area contributed by atoms with Gasteiger partial charge < -0.3 is 5.73 Å². The van der Waals surface area contributed by atoms with E-state index in [9.17, 15) is 0 Å². The van der Waals surface area contributed by atoms with Crippen LogP contribution in [-0.4, -0.2) is 16.0 Å². The molecule has 1 aromatic carbocycles. The van der Waals surface area contributed by atoms with Gasteiger partial charge >= 0.3 is 0 Å². The summed E-state index contributed by atoms with van der Waals surface area (Å²) in [6, 6.07) is 8.60. The van der Waals surface area contributed by atoms with Crippen molar-refractivity contribution < 1.29 is 0 Å². The van der Waals surface area contributed by atoms with Gasteiger partial charge in [-0.1, -0.05) is 24.6 Å². The van der Waals surface area contributed by atoms with Crippen molar-refractivity contribution >= 4 is 11.8 Å². The molecule has 1 aromatic heterocycles. The topological polar surface area (TPSA) is 51.8 Å². The van der Waals surface area contributed by atoms with Crippen molar-refractivity contribution in [1.29, 1.82) is 0 Å². The zero-order valence-electron chi connectivity index (χ0n) is 12.3. The second kappa shape index (κ2) is 6.86. The van der Waals surface area contributed by atoms with Gasteiger partial charge in [0.15, 0.2) is 5.16 Å². The molecule has 3 nitrogen and oxygen atoms in total. The molecule has 0 aliphatic heterocycles. The highest BCUT2D eigenvalue weighted by Crippen LogP contribution is 2.29. The third-order valence-corrected chi connectivity index (χ3v) is 4.19.